The van der Waals surface area contributed by atoms with Crippen LogP contribution >= 0.6 is 0 Å². The van der Waals surface area contributed by atoms with Gasteiger partial charge >= 0.3 is 0 Å². The topological polar surface area (TPSA) is 0 Å². The first-order chi connectivity index (χ1) is 10.4. The van der Waals surface area contributed by atoms with Crippen LogP contribution < -0.4 is 0 Å². The van der Waals surface area contributed by atoms with Crippen molar-refractivity contribution in [1.82, 2.24) is 0 Å². The number of allylic oxidation sites excluding steroid dienone is 2. The van der Waals surface area contributed by atoms with Gasteiger partial charge in [0.05, 0.1) is 0 Å². The summed E-state index contributed by atoms with van der Waals surface area (Å²) in [7, 11) is 0. The zero-order valence-corrected chi connectivity index (χ0v) is 14.6. The van der Waals surface area contributed by atoms with Crippen molar-refractivity contribution < 1.29 is 0 Å². The Labute approximate surface area is 135 Å². The van der Waals surface area contributed by atoms with Crippen molar-refractivity contribution in [3.05, 3.63) is 80.9 Å². The van der Waals surface area contributed by atoms with Gasteiger partial charge in [0, 0.05) is 0 Å². The van der Waals surface area contributed by atoms with Gasteiger partial charge in [0.25, 0.3) is 0 Å². The largest absolute Gasteiger partial charge is 0.0616 e. The summed E-state index contributed by atoms with van der Waals surface area (Å²) in [5.74, 6) is 0. The molecule has 0 N–H and O–H groups in total. The summed E-state index contributed by atoms with van der Waals surface area (Å²) in [5, 5.41) is 0. The van der Waals surface area contributed by atoms with Crippen LogP contribution in [0.5, 0.6) is 0 Å². The van der Waals surface area contributed by atoms with E-state index in [1.165, 1.54) is 44.5 Å². The van der Waals surface area contributed by atoms with Gasteiger partial charge < -0.3 is 0 Å². The summed E-state index contributed by atoms with van der Waals surface area (Å²) in [6, 6.07) is 9.03. The minimum Gasteiger partial charge on any atom is -0.0616 e. The molecule has 0 aliphatic rings. The van der Waals surface area contributed by atoms with E-state index in [0.29, 0.717) is 0 Å². The Morgan fingerprint density at radius 2 is 0.773 bits per heavy atom. The number of rotatable bonds is 3. The minimum absolute atomic E-state index is 1.30. The van der Waals surface area contributed by atoms with E-state index < -0.39 is 0 Å². The Kier molecular flexibility index (Phi) is 5.03. The van der Waals surface area contributed by atoms with Crippen LogP contribution in [0, 0.1) is 41.5 Å². The monoisotopic (exact) mass is 290 g/mol. The summed E-state index contributed by atoms with van der Waals surface area (Å²) in [4.78, 5) is 0. The second-order valence-corrected chi connectivity index (χ2v) is 6.30. The maximum atomic E-state index is 2.26. The lowest BCUT2D eigenvalue weighted by Crippen LogP contribution is -1.87. The van der Waals surface area contributed by atoms with Crippen LogP contribution in [-0.4, -0.2) is 0 Å². The summed E-state index contributed by atoms with van der Waals surface area (Å²) in [6.45, 7) is 13.0. The highest BCUT2D eigenvalue weighted by Crippen LogP contribution is 2.18. The Bertz CT molecular complexity index is 678. The lowest BCUT2D eigenvalue weighted by molar-refractivity contribution is 1.29. The first-order valence-electron chi connectivity index (χ1n) is 7.89. The van der Waals surface area contributed by atoms with E-state index in [0.717, 1.165) is 0 Å². The Balaban J connectivity index is 2.19. The molecule has 2 aromatic rings. The predicted octanol–water partition coefficient (Wildman–Crippen LogP) is 6.26. The van der Waals surface area contributed by atoms with Gasteiger partial charge in [-0.25, -0.2) is 0 Å². The second-order valence-electron chi connectivity index (χ2n) is 6.30. The maximum absolute atomic E-state index is 2.26. The number of hydrogen-bond acceptors (Lipinski definition) is 0. The molecule has 0 radical (unpaired) electrons. The normalized spacial score (nSPS) is 11.7. The van der Waals surface area contributed by atoms with Crippen LogP contribution in [0.15, 0.2) is 36.4 Å². The number of hydrogen-bond donors (Lipinski definition) is 0. The summed E-state index contributed by atoms with van der Waals surface area (Å²) in [5.41, 5.74) is 10.7. The number of benzene rings is 2. The molecule has 2 aromatic carbocycles. The van der Waals surface area contributed by atoms with Crippen LogP contribution in [0.1, 0.15) is 44.5 Å². The van der Waals surface area contributed by atoms with Gasteiger partial charge in [0.15, 0.2) is 0 Å². The lowest BCUT2D eigenvalue weighted by atomic mass is 9.99. The molecule has 0 nitrogen and oxygen atoms in total. The van der Waals surface area contributed by atoms with E-state index in [1.807, 2.05) is 0 Å². The molecule has 0 amide bonds. The van der Waals surface area contributed by atoms with E-state index in [1.54, 1.807) is 0 Å². The molecule has 0 aliphatic heterocycles. The van der Waals surface area contributed by atoms with E-state index >= 15 is 0 Å². The molecule has 0 unspecified atom stereocenters. The molecule has 0 spiro atoms. The fourth-order valence-corrected chi connectivity index (χ4v) is 2.64. The maximum Gasteiger partial charge on any atom is -0.0225 e. The standard InChI is InChI=1S/C22H26/c1-15-11-19(5)21(13-17(15)3)9-7-8-10-22-14-18(4)16(2)12-20(22)6/h7-14H,1-6H3/b9-7+,10-8+. The first kappa shape index (κ1) is 16.3. The molecule has 0 fully saturated rings. The van der Waals surface area contributed by atoms with E-state index in [4.69, 9.17) is 0 Å². The zero-order chi connectivity index (χ0) is 16.3. The van der Waals surface area contributed by atoms with Gasteiger partial charge in [-0.05, 0) is 86.1 Å². The third-order valence-corrected chi connectivity index (χ3v) is 4.43. The van der Waals surface area contributed by atoms with Gasteiger partial charge in [-0.2, -0.15) is 0 Å². The highest BCUT2D eigenvalue weighted by molar-refractivity contribution is 5.62. The molecule has 2 rings (SSSR count). The molecule has 0 atom stereocenters. The molecule has 0 saturated heterocycles. The second kappa shape index (κ2) is 6.79. The van der Waals surface area contributed by atoms with Gasteiger partial charge in [-0.3, -0.25) is 0 Å². The van der Waals surface area contributed by atoms with Crippen molar-refractivity contribution in [2.45, 2.75) is 41.5 Å². The van der Waals surface area contributed by atoms with Crippen LogP contribution in [-0.2, 0) is 0 Å². The molecule has 22 heavy (non-hydrogen) atoms. The zero-order valence-electron chi connectivity index (χ0n) is 14.6. The summed E-state index contributed by atoms with van der Waals surface area (Å²) < 4.78 is 0. The molecule has 0 bridgehead atoms. The lowest BCUT2D eigenvalue weighted by Gasteiger charge is -2.06. The quantitative estimate of drug-likeness (QED) is 0.585. The van der Waals surface area contributed by atoms with Crippen molar-refractivity contribution in [1.29, 1.82) is 0 Å². The average molecular weight is 290 g/mol. The molecule has 0 heterocycles. The average Bonchev–Trinajstić information content (AvgIpc) is 2.45. The van der Waals surface area contributed by atoms with E-state index in [-0.39, 0.29) is 0 Å². The van der Waals surface area contributed by atoms with Crippen LogP contribution in [0.25, 0.3) is 12.2 Å². The van der Waals surface area contributed by atoms with E-state index in [2.05, 4.69) is 90.1 Å². The molecule has 0 aliphatic carbocycles. The SMILES string of the molecule is Cc1cc(C)c(/C=C/C=C/c2cc(C)c(C)cc2C)cc1C. The van der Waals surface area contributed by atoms with Gasteiger partial charge in [0.2, 0.25) is 0 Å². The Hall–Kier alpha value is -2.08. The summed E-state index contributed by atoms with van der Waals surface area (Å²) >= 11 is 0. The molecule has 114 valence electrons. The number of aryl methyl sites for hydroxylation is 6. The Morgan fingerprint density at radius 3 is 1.14 bits per heavy atom. The van der Waals surface area contributed by atoms with Crippen LogP contribution in [0.3, 0.4) is 0 Å². The van der Waals surface area contributed by atoms with Crippen LogP contribution in [0.4, 0.5) is 0 Å². The van der Waals surface area contributed by atoms with Gasteiger partial charge in [-0.1, -0.05) is 48.6 Å². The van der Waals surface area contributed by atoms with Crippen LogP contribution in [0.2, 0.25) is 0 Å². The predicted molar refractivity (Wildman–Crippen MR) is 99.4 cm³/mol. The smallest absolute Gasteiger partial charge is 0.0225 e. The first-order valence-corrected chi connectivity index (χ1v) is 7.89. The molecule has 0 aromatic heterocycles. The van der Waals surface area contributed by atoms with Gasteiger partial charge in [-0.15, -0.1) is 0 Å². The highest BCUT2D eigenvalue weighted by atomic mass is 14.0. The fraction of sp³-hybridized carbons (Fsp3) is 0.273. The summed E-state index contributed by atoms with van der Waals surface area (Å²) in [6.07, 6.45) is 8.64. The Morgan fingerprint density at radius 1 is 0.455 bits per heavy atom. The molecular formula is C22H26. The highest BCUT2D eigenvalue weighted by Gasteiger charge is 1.99. The van der Waals surface area contributed by atoms with Crippen molar-refractivity contribution in [2.75, 3.05) is 0 Å². The molecular weight excluding hydrogens is 264 g/mol. The van der Waals surface area contributed by atoms with E-state index in [9.17, 15) is 0 Å². The third kappa shape index (κ3) is 3.76. The molecule has 0 heteroatoms. The van der Waals surface area contributed by atoms with Crippen molar-refractivity contribution in [3.63, 3.8) is 0 Å². The van der Waals surface area contributed by atoms with Gasteiger partial charge in [0.1, 0.15) is 0 Å². The third-order valence-electron chi connectivity index (χ3n) is 4.43. The van der Waals surface area contributed by atoms with Crippen molar-refractivity contribution in [2.24, 2.45) is 0 Å². The minimum atomic E-state index is 1.30. The van der Waals surface area contributed by atoms with Crippen molar-refractivity contribution in [3.8, 4) is 0 Å². The van der Waals surface area contributed by atoms with Crippen molar-refractivity contribution >= 4 is 12.2 Å². The fourth-order valence-electron chi connectivity index (χ4n) is 2.64. The molecule has 0 saturated carbocycles.